The number of para-hydroxylation sites is 1. The van der Waals surface area contributed by atoms with Gasteiger partial charge in [0.2, 0.25) is 0 Å². The molecule has 1 aromatic carbocycles. The van der Waals surface area contributed by atoms with Crippen LogP contribution in [0.2, 0.25) is 0 Å². The van der Waals surface area contributed by atoms with Crippen LogP contribution in [0.3, 0.4) is 0 Å². The normalized spacial score (nSPS) is 13.2. The molecule has 1 atom stereocenters. The van der Waals surface area contributed by atoms with Gasteiger partial charge in [0.1, 0.15) is 17.4 Å². The number of ether oxygens (including phenoxy) is 1. The molecule has 2 aromatic rings. The minimum absolute atomic E-state index is 0.150. The summed E-state index contributed by atoms with van der Waals surface area (Å²) < 4.78 is 30.4. The van der Waals surface area contributed by atoms with Crippen LogP contribution >= 0.6 is 0 Å². The molecule has 0 fully saturated rings. The number of H-pyrrole nitrogens is 1. The summed E-state index contributed by atoms with van der Waals surface area (Å²) in [6.07, 6.45) is -3.06. The SMILES string of the molecule is CC(CO)Oc1cccc2[nH]c(C(F)F)nc12. The van der Waals surface area contributed by atoms with Gasteiger partial charge in [-0.15, -0.1) is 0 Å². The first-order valence-electron chi connectivity index (χ1n) is 5.16. The summed E-state index contributed by atoms with van der Waals surface area (Å²) in [7, 11) is 0. The number of aliphatic hydroxyl groups is 1. The summed E-state index contributed by atoms with van der Waals surface area (Å²) in [4.78, 5) is 6.31. The number of rotatable bonds is 4. The molecule has 6 heteroatoms. The molecule has 1 unspecified atom stereocenters. The van der Waals surface area contributed by atoms with E-state index in [0.717, 1.165) is 0 Å². The number of aromatic nitrogens is 2. The third-order valence-corrected chi connectivity index (χ3v) is 2.29. The van der Waals surface area contributed by atoms with Crippen molar-refractivity contribution in [3.05, 3.63) is 24.0 Å². The summed E-state index contributed by atoms with van der Waals surface area (Å²) in [5.74, 6) is -0.0000912. The lowest BCUT2D eigenvalue weighted by molar-refractivity contribution is 0.130. The molecule has 0 aliphatic carbocycles. The molecule has 0 saturated carbocycles. The van der Waals surface area contributed by atoms with Crippen molar-refractivity contribution in [2.75, 3.05) is 6.61 Å². The van der Waals surface area contributed by atoms with Gasteiger partial charge in [-0.05, 0) is 19.1 Å². The summed E-state index contributed by atoms with van der Waals surface area (Å²) in [6, 6.07) is 4.95. The molecule has 0 spiro atoms. The highest BCUT2D eigenvalue weighted by Crippen LogP contribution is 2.27. The van der Waals surface area contributed by atoms with Gasteiger partial charge in [-0.25, -0.2) is 13.8 Å². The van der Waals surface area contributed by atoms with Crippen molar-refractivity contribution in [3.8, 4) is 5.75 Å². The van der Waals surface area contributed by atoms with E-state index in [1.165, 1.54) is 0 Å². The van der Waals surface area contributed by atoms with Gasteiger partial charge >= 0.3 is 0 Å². The number of nitrogens with zero attached hydrogens (tertiary/aromatic N) is 1. The summed E-state index contributed by atoms with van der Waals surface area (Å²) in [5.41, 5.74) is 0.839. The van der Waals surface area contributed by atoms with E-state index in [2.05, 4.69) is 9.97 Å². The maximum absolute atomic E-state index is 12.5. The second kappa shape index (κ2) is 4.67. The third kappa shape index (κ3) is 2.36. The molecule has 0 amide bonds. The van der Waals surface area contributed by atoms with E-state index in [1.807, 2.05) is 0 Å². The van der Waals surface area contributed by atoms with Crippen LogP contribution in [-0.4, -0.2) is 27.8 Å². The average Bonchev–Trinajstić information content (AvgIpc) is 2.74. The summed E-state index contributed by atoms with van der Waals surface area (Å²) in [6.45, 7) is 1.53. The lowest BCUT2D eigenvalue weighted by Crippen LogP contribution is -2.16. The van der Waals surface area contributed by atoms with Gasteiger partial charge in [0, 0.05) is 0 Å². The Morgan fingerprint density at radius 1 is 1.47 bits per heavy atom. The van der Waals surface area contributed by atoms with Crippen LogP contribution in [0.25, 0.3) is 11.0 Å². The fraction of sp³-hybridized carbons (Fsp3) is 0.364. The second-order valence-corrected chi connectivity index (χ2v) is 3.69. The monoisotopic (exact) mass is 242 g/mol. The first-order chi connectivity index (χ1) is 8.11. The van der Waals surface area contributed by atoms with Crippen LogP contribution in [0.1, 0.15) is 19.2 Å². The molecule has 17 heavy (non-hydrogen) atoms. The van der Waals surface area contributed by atoms with Crippen molar-refractivity contribution in [2.24, 2.45) is 0 Å². The zero-order valence-electron chi connectivity index (χ0n) is 9.15. The van der Waals surface area contributed by atoms with Crippen LogP contribution in [0.15, 0.2) is 18.2 Å². The first kappa shape index (κ1) is 11.8. The molecule has 2 rings (SSSR count). The van der Waals surface area contributed by atoms with E-state index < -0.39 is 12.5 Å². The minimum atomic E-state index is -2.65. The number of hydrogen-bond acceptors (Lipinski definition) is 3. The first-order valence-corrected chi connectivity index (χ1v) is 5.16. The van der Waals surface area contributed by atoms with Crippen molar-refractivity contribution in [3.63, 3.8) is 0 Å². The highest BCUT2D eigenvalue weighted by atomic mass is 19.3. The Morgan fingerprint density at radius 3 is 2.88 bits per heavy atom. The Morgan fingerprint density at radius 2 is 2.24 bits per heavy atom. The van der Waals surface area contributed by atoms with Crippen LogP contribution < -0.4 is 4.74 Å². The quantitative estimate of drug-likeness (QED) is 0.864. The molecule has 0 saturated heterocycles. The molecular weight excluding hydrogens is 230 g/mol. The van der Waals surface area contributed by atoms with Gasteiger partial charge in [0.05, 0.1) is 12.1 Å². The number of aliphatic hydroxyl groups excluding tert-OH is 1. The van der Waals surface area contributed by atoms with Crippen LogP contribution in [0, 0.1) is 0 Å². The fourth-order valence-electron chi connectivity index (χ4n) is 1.48. The Balaban J connectivity index is 2.42. The predicted octanol–water partition coefficient (Wildman–Crippen LogP) is 2.26. The standard InChI is InChI=1S/C11H12F2N2O2/c1-6(5-16)17-8-4-2-3-7-9(8)15-11(14-7)10(12)13/h2-4,6,10,16H,5H2,1H3,(H,14,15). The number of hydrogen-bond donors (Lipinski definition) is 2. The third-order valence-electron chi connectivity index (χ3n) is 2.29. The number of alkyl halides is 2. The number of benzene rings is 1. The average molecular weight is 242 g/mol. The minimum Gasteiger partial charge on any atom is -0.486 e. The number of halogens is 2. The molecule has 0 bridgehead atoms. The zero-order chi connectivity index (χ0) is 12.4. The predicted molar refractivity (Wildman–Crippen MR) is 58.2 cm³/mol. The largest absolute Gasteiger partial charge is 0.486 e. The maximum atomic E-state index is 12.5. The molecule has 4 nitrogen and oxygen atoms in total. The fourth-order valence-corrected chi connectivity index (χ4v) is 1.48. The number of aromatic amines is 1. The molecular formula is C11H12F2N2O2. The Kier molecular flexibility index (Phi) is 3.23. The zero-order valence-corrected chi connectivity index (χ0v) is 9.15. The highest BCUT2D eigenvalue weighted by Gasteiger charge is 2.15. The van der Waals surface area contributed by atoms with Crippen molar-refractivity contribution < 1.29 is 18.6 Å². The van der Waals surface area contributed by atoms with Gasteiger partial charge < -0.3 is 14.8 Å². The van der Waals surface area contributed by atoms with Crippen molar-refractivity contribution in [2.45, 2.75) is 19.5 Å². The molecule has 92 valence electrons. The number of nitrogens with one attached hydrogen (secondary N) is 1. The van der Waals surface area contributed by atoms with Crippen LogP contribution in [-0.2, 0) is 0 Å². The van der Waals surface area contributed by atoms with E-state index in [-0.39, 0.29) is 12.4 Å². The molecule has 0 aliphatic rings. The van der Waals surface area contributed by atoms with Gasteiger partial charge in [0.25, 0.3) is 6.43 Å². The van der Waals surface area contributed by atoms with E-state index >= 15 is 0 Å². The van der Waals surface area contributed by atoms with Crippen molar-refractivity contribution in [1.29, 1.82) is 0 Å². The molecule has 2 N–H and O–H groups in total. The van der Waals surface area contributed by atoms with E-state index in [0.29, 0.717) is 16.8 Å². The molecule has 0 radical (unpaired) electrons. The van der Waals surface area contributed by atoms with E-state index in [1.54, 1.807) is 25.1 Å². The van der Waals surface area contributed by atoms with Crippen LogP contribution in [0.4, 0.5) is 8.78 Å². The summed E-state index contributed by atoms with van der Waals surface area (Å²) in [5, 5.41) is 8.89. The number of imidazole rings is 1. The van der Waals surface area contributed by atoms with Crippen LogP contribution in [0.5, 0.6) is 5.75 Å². The van der Waals surface area contributed by atoms with Crippen molar-refractivity contribution >= 4 is 11.0 Å². The van der Waals surface area contributed by atoms with Gasteiger partial charge in [-0.3, -0.25) is 0 Å². The molecule has 0 aliphatic heterocycles. The summed E-state index contributed by atoms with van der Waals surface area (Å²) >= 11 is 0. The highest BCUT2D eigenvalue weighted by molar-refractivity contribution is 5.81. The number of fused-ring (bicyclic) bond motifs is 1. The molecule has 1 heterocycles. The topological polar surface area (TPSA) is 58.1 Å². The van der Waals surface area contributed by atoms with Gasteiger partial charge in [0.15, 0.2) is 5.82 Å². The second-order valence-electron chi connectivity index (χ2n) is 3.69. The van der Waals surface area contributed by atoms with Crippen molar-refractivity contribution in [1.82, 2.24) is 9.97 Å². The van der Waals surface area contributed by atoms with E-state index in [9.17, 15) is 8.78 Å². The maximum Gasteiger partial charge on any atom is 0.295 e. The lowest BCUT2D eigenvalue weighted by atomic mass is 10.3. The van der Waals surface area contributed by atoms with Gasteiger partial charge in [-0.1, -0.05) is 6.07 Å². The van der Waals surface area contributed by atoms with Gasteiger partial charge in [-0.2, -0.15) is 0 Å². The Bertz CT molecular complexity index is 513. The lowest BCUT2D eigenvalue weighted by Gasteiger charge is -2.11. The Labute approximate surface area is 96.2 Å². The smallest absolute Gasteiger partial charge is 0.295 e. The molecule has 1 aromatic heterocycles. The van der Waals surface area contributed by atoms with E-state index in [4.69, 9.17) is 9.84 Å². The Hall–Kier alpha value is -1.69.